The molecule has 0 spiro atoms. The highest BCUT2D eigenvalue weighted by molar-refractivity contribution is 6.10. The first-order chi connectivity index (χ1) is 11.8. The van der Waals surface area contributed by atoms with Gasteiger partial charge in [0.05, 0.1) is 32.0 Å². The Morgan fingerprint density at radius 2 is 2.08 bits per heavy atom. The molecule has 6 heteroatoms. The van der Waals surface area contributed by atoms with Crippen LogP contribution in [0.4, 0.5) is 5.69 Å². The molecule has 1 saturated carbocycles. The molecule has 6 nitrogen and oxygen atoms in total. The largest absolute Gasteiger partial charge is 0.493 e. The smallest absolute Gasteiger partial charge is 0.279 e. The summed E-state index contributed by atoms with van der Waals surface area (Å²) in [6, 6.07) is 5.65. The number of ether oxygens (including phenoxy) is 2. The molecule has 0 radical (unpaired) electrons. The first kappa shape index (κ1) is 15.1. The van der Waals surface area contributed by atoms with Gasteiger partial charge in [-0.2, -0.15) is 0 Å². The number of methoxy groups -OCH3 is 1. The number of carbonyl (C=O) groups excluding carboxylic acids is 1. The molecule has 1 amide bonds. The normalized spacial score (nSPS) is 20.4. The fraction of sp³-hybridized carbons (Fsp3) is 0.444. The van der Waals surface area contributed by atoms with E-state index < -0.39 is 0 Å². The van der Waals surface area contributed by atoms with Crippen LogP contribution in [-0.2, 0) is 4.79 Å². The number of anilines is 1. The van der Waals surface area contributed by atoms with Crippen LogP contribution in [0, 0.1) is 0 Å². The van der Waals surface area contributed by atoms with Crippen LogP contribution in [0.3, 0.4) is 0 Å². The molecule has 1 fully saturated rings. The fourth-order valence-electron chi connectivity index (χ4n) is 3.46. The number of nitrogens with zero attached hydrogens (tertiary/aromatic N) is 2. The van der Waals surface area contributed by atoms with Crippen molar-refractivity contribution in [1.29, 1.82) is 0 Å². The topological polar surface area (TPSA) is 63.2 Å². The van der Waals surface area contributed by atoms with Gasteiger partial charge in [-0.05, 0) is 37.8 Å². The van der Waals surface area contributed by atoms with Gasteiger partial charge in [0.15, 0.2) is 11.5 Å². The third kappa shape index (κ3) is 2.62. The minimum absolute atomic E-state index is 0.0783. The standard InChI is InChI=1S/C18H21N3O3/c1-23-15-7-6-12(10-16(15)24-13-4-2-3-5-13)21-11-14-17(18(21)22)20-9-8-19-14/h6-7,9-10,13,19H,2-5,8,11H2,1H3. The number of benzene rings is 1. The molecule has 2 heterocycles. The molecular weight excluding hydrogens is 306 g/mol. The van der Waals surface area contributed by atoms with E-state index in [9.17, 15) is 4.79 Å². The van der Waals surface area contributed by atoms with E-state index in [1.165, 1.54) is 12.8 Å². The molecule has 3 aliphatic rings. The number of amides is 1. The Labute approximate surface area is 141 Å². The lowest BCUT2D eigenvalue weighted by atomic mass is 10.2. The molecule has 1 aromatic rings. The number of nitrogens with one attached hydrogen (secondary N) is 1. The van der Waals surface area contributed by atoms with Gasteiger partial charge in [-0.25, -0.2) is 0 Å². The van der Waals surface area contributed by atoms with Crippen LogP contribution in [0.15, 0.2) is 34.6 Å². The third-order valence-electron chi connectivity index (χ3n) is 4.73. The lowest BCUT2D eigenvalue weighted by Gasteiger charge is -2.21. The van der Waals surface area contributed by atoms with Crippen molar-refractivity contribution in [3.8, 4) is 11.5 Å². The van der Waals surface area contributed by atoms with Gasteiger partial charge < -0.3 is 19.7 Å². The summed E-state index contributed by atoms with van der Waals surface area (Å²) in [4.78, 5) is 18.5. The highest BCUT2D eigenvalue weighted by Crippen LogP contribution is 2.36. The lowest BCUT2D eigenvalue weighted by molar-refractivity contribution is -0.114. The van der Waals surface area contributed by atoms with E-state index in [0.29, 0.717) is 30.3 Å². The molecule has 126 valence electrons. The van der Waals surface area contributed by atoms with Gasteiger partial charge in [0.1, 0.15) is 5.70 Å². The Morgan fingerprint density at radius 3 is 2.83 bits per heavy atom. The maximum Gasteiger partial charge on any atom is 0.279 e. The summed E-state index contributed by atoms with van der Waals surface area (Å²) in [6.07, 6.45) is 6.52. The van der Waals surface area contributed by atoms with Gasteiger partial charge in [-0.3, -0.25) is 9.79 Å². The van der Waals surface area contributed by atoms with Crippen molar-refractivity contribution < 1.29 is 14.3 Å². The number of hydrogen-bond acceptors (Lipinski definition) is 5. The van der Waals surface area contributed by atoms with E-state index in [-0.39, 0.29) is 12.0 Å². The Morgan fingerprint density at radius 1 is 1.25 bits per heavy atom. The van der Waals surface area contributed by atoms with Crippen molar-refractivity contribution in [2.24, 2.45) is 4.99 Å². The summed E-state index contributed by atoms with van der Waals surface area (Å²) < 4.78 is 11.5. The zero-order valence-corrected chi connectivity index (χ0v) is 13.7. The average molecular weight is 327 g/mol. The first-order valence-electron chi connectivity index (χ1n) is 8.42. The van der Waals surface area contributed by atoms with Crippen molar-refractivity contribution in [2.45, 2.75) is 31.8 Å². The fourth-order valence-corrected chi connectivity index (χ4v) is 3.46. The van der Waals surface area contributed by atoms with E-state index >= 15 is 0 Å². The highest BCUT2D eigenvalue weighted by Gasteiger charge is 2.33. The number of hydrogen-bond donors (Lipinski definition) is 1. The van der Waals surface area contributed by atoms with E-state index in [1.807, 2.05) is 18.2 Å². The molecule has 0 aromatic heterocycles. The van der Waals surface area contributed by atoms with E-state index in [4.69, 9.17) is 9.47 Å². The lowest BCUT2D eigenvalue weighted by Crippen LogP contribution is -2.27. The van der Waals surface area contributed by atoms with Crippen LogP contribution in [0.1, 0.15) is 25.7 Å². The predicted molar refractivity (Wildman–Crippen MR) is 91.8 cm³/mol. The Bertz CT molecular complexity index is 720. The number of aliphatic imine (C=N–C) groups is 1. The summed E-state index contributed by atoms with van der Waals surface area (Å²) in [5.41, 5.74) is 2.20. The van der Waals surface area contributed by atoms with Crippen LogP contribution in [0.2, 0.25) is 0 Å². The zero-order chi connectivity index (χ0) is 16.5. The maximum absolute atomic E-state index is 12.6. The van der Waals surface area contributed by atoms with Gasteiger partial charge in [0.25, 0.3) is 5.91 Å². The maximum atomic E-state index is 12.6. The quantitative estimate of drug-likeness (QED) is 0.921. The highest BCUT2D eigenvalue weighted by atomic mass is 16.5. The molecule has 0 bridgehead atoms. The minimum atomic E-state index is -0.0783. The van der Waals surface area contributed by atoms with E-state index in [2.05, 4.69) is 10.3 Å². The molecule has 4 rings (SSSR count). The second-order valence-electron chi connectivity index (χ2n) is 6.27. The van der Waals surface area contributed by atoms with Gasteiger partial charge in [-0.15, -0.1) is 0 Å². The van der Waals surface area contributed by atoms with Crippen molar-refractivity contribution in [3.63, 3.8) is 0 Å². The third-order valence-corrected chi connectivity index (χ3v) is 4.73. The minimum Gasteiger partial charge on any atom is -0.493 e. The van der Waals surface area contributed by atoms with Crippen LogP contribution >= 0.6 is 0 Å². The van der Waals surface area contributed by atoms with Crippen molar-refractivity contribution in [2.75, 3.05) is 25.1 Å². The van der Waals surface area contributed by atoms with Crippen LogP contribution in [0.5, 0.6) is 11.5 Å². The van der Waals surface area contributed by atoms with Crippen LogP contribution in [0.25, 0.3) is 0 Å². The number of rotatable bonds is 4. The molecule has 0 atom stereocenters. The second-order valence-corrected chi connectivity index (χ2v) is 6.27. The zero-order valence-electron chi connectivity index (χ0n) is 13.7. The molecular formula is C18H21N3O3. The van der Waals surface area contributed by atoms with Gasteiger partial charge in [-0.1, -0.05) is 0 Å². The molecule has 1 aliphatic carbocycles. The Hall–Kier alpha value is -2.50. The predicted octanol–water partition coefficient (Wildman–Crippen LogP) is 2.25. The Kier molecular flexibility index (Phi) is 3.88. The monoisotopic (exact) mass is 327 g/mol. The summed E-state index contributed by atoms with van der Waals surface area (Å²) >= 11 is 0. The first-order valence-corrected chi connectivity index (χ1v) is 8.42. The average Bonchev–Trinajstić information content (AvgIpc) is 3.23. The summed E-state index contributed by atoms with van der Waals surface area (Å²) in [5, 5.41) is 3.22. The van der Waals surface area contributed by atoms with E-state index in [1.54, 1.807) is 18.2 Å². The molecule has 0 saturated heterocycles. The summed E-state index contributed by atoms with van der Waals surface area (Å²) in [7, 11) is 1.64. The SMILES string of the molecule is COc1ccc(N2CC3=C(N=CCN3)C2=O)cc1OC1CCCC1. The van der Waals surface area contributed by atoms with Gasteiger partial charge >= 0.3 is 0 Å². The molecule has 24 heavy (non-hydrogen) atoms. The molecule has 0 unspecified atom stereocenters. The van der Waals surface area contributed by atoms with Gasteiger partial charge in [0, 0.05) is 18.0 Å². The molecule has 1 aromatic carbocycles. The molecule has 1 N–H and O–H groups in total. The Balaban J connectivity index is 1.59. The second kappa shape index (κ2) is 6.19. The molecule has 2 aliphatic heterocycles. The van der Waals surface area contributed by atoms with E-state index in [0.717, 1.165) is 24.2 Å². The van der Waals surface area contributed by atoms with Crippen LogP contribution in [-0.4, -0.2) is 38.4 Å². The van der Waals surface area contributed by atoms with Crippen LogP contribution < -0.4 is 19.7 Å². The van der Waals surface area contributed by atoms with Gasteiger partial charge in [0.2, 0.25) is 0 Å². The van der Waals surface area contributed by atoms with Crippen molar-refractivity contribution in [3.05, 3.63) is 29.6 Å². The summed E-state index contributed by atoms with van der Waals surface area (Å²) in [6.45, 7) is 1.18. The number of carbonyl (C=O) groups is 1. The van der Waals surface area contributed by atoms with Crippen molar-refractivity contribution in [1.82, 2.24) is 5.32 Å². The van der Waals surface area contributed by atoms with Crippen molar-refractivity contribution >= 4 is 17.8 Å². The summed E-state index contributed by atoms with van der Waals surface area (Å²) in [5.74, 6) is 1.33.